The lowest BCUT2D eigenvalue weighted by molar-refractivity contribution is 0.794. The van der Waals surface area contributed by atoms with Crippen LogP contribution in [0.3, 0.4) is 0 Å². The van der Waals surface area contributed by atoms with Crippen molar-refractivity contribution >= 4 is 0 Å². The van der Waals surface area contributed by atoms with E-state index in [2.05, 4.69) is 27.4 Å². The van der Waals surface area contributed by atoms with Crippen LogP contribution in [0, 0.1) is 12.8 Å². The highest BCUT2D eigenvalue weighted by molar-refractivity contribution is 4.99. The van der Waals surface area contributed by atoms with Crippen molar-refractivity contribution in [2.24, 2.45) is 5.92 Å². The highest BCUT2D eigenvalue weighted by atomic mass is 13.9. The minimum atomic E-state index is 0.546. The van der Waals surface area contributed by atoms with Crippen LogP contribution >= 0.6 is 0 Å². The molecule has 0 heteroatoms. The van der Waals surface area contributed by atoms with E-state index in [4.69, 9.17) is 0 Å². The van der Waals surface area contributed by atoms with Gasteiger partial charge >= 0.3 is 0 Å². The van der Waals surface area contributed by atoms with Gasteiger partial charge < -0.3 is 0 Å². The van der Waals surface area contributed by atoms with Crippen LogP contribution < -0.4 is 0 Å². The van der Waals surface area contributed by atoms with Crippen LogP contribution in [0.15, 0.2) is 12.2 Å². The van der Waals surface area contributed by atoms with Crippen LogP contribution in [-0.2, 0) is 0 Å². The second kappa shape index (κ2) is 1.91. The molecule has 0 aliphatic rings. The molecule has 0 rings (SSSR count). The van der Waals surface area contributed by atoms with Gasteiger partial charge in [0.15, 0.2) is 0 Å². The maximum absolute atomic E-state index is 3.64. The highest BCUT2D eigenvalue weighted by Gasteiger charge is 1.80. The van der Waals surface area contributed by atoms with Crippen molar-refractivity contribution < 1.29 is 0 Å². The Morgan fingerprint density at radius 2 is 1.83 bits per heavy atom. The Bertz CT molecular complexity index is 51.1. The molecular weight excluding hydrogens is 72.1 g/mol. The van der Waals surface area contributed by atoms with Gasteiger partial charge in [-0.3, -0.25) is 0 Å². The molecule has 0 fully saturated rings. The predicted octanol–water partition coefficient (Wildman–Crippen LogP) is 2.03. The molecule has 0 heterocycles. The van der Waals surface area contributed by atoms with E-state index in [1.165, 1.54) is 0 Å². The molecule has 6 heavy (non-hydrogen) atoms. The molecule has 0 aromatic carbocycles. The molecule has 0 unspecified atom stereocenters. The lowest BCUT2D eigenvalue weighted by Crippen LogP contribution is -1.83. The fourth-order valence-electron chi connectivity index (χ4n) is 0. The Morgan fingerprint density at radius 1 is 1.67 bits per heavy atom. The summed E-state index contributed by atoms with van der Waals surface area (Å²) in [6.45, 7) is 11.4. The highest BCUT2D eigenvalue weighted by Crippen LogP contribution is 2.01. The molecule has 0 aliphatic carbocycles. The van der Waals surface area contributed by atoms with Gasteiger partial charge in [0.2, 0.25) is 0 Å². The quantitative estimate of drug-likeness (QED) is 0.425. The SMILES string of the molecule is C=C([CH2-])C(C)C. The molecule has 0 aliphatic heterocycles. The Hall–Kier alpha value is -0.390. The fourth-order valence-corrected chi connectivity index (χ4v) is 0. The molecule has 0 amide bonds. The van der Waals surface area contributed by atoms with Gasteiger partial charge in [-0.1, -0.05) is 19.8 Å². The van der Waals surface area contributed by atoms with Crippen LogP contribution in [-0.4, -0.2) is 0 Å². The van der Waals surface area contributed by atoms with Gasteiger partial charge in [0.05, 0.1) is 0 Å². The van der Waals surface area contributed by atoms with Crippen LogP contribution in [0.2, 0.25) is 0 Å². The van der Waals surface area contributed by atoms with E-state index in [9.17, 15) is 0 Å². The number of allylic oxidation sites excluding steroid dienone is 1. The third-order valence-corrected chi connectivity index (χ3v) is 0.816. The topological polar surface area (TPSA) is 0 Å². The van der Waals surface area contributed by atoms with Gasteiger partial charge in [0, 0.05) is 0 Å². The van der Waals surface area contributed by atoms with Crippen LogP contribution in [0.25, 0.3) is 0 Å². The Kier molecular flexibility index (Phi) is 1.78. The van der Waals surface area contributed by atoms with Crippen molar-refractivity contribution in [3.05, 3.63) is 19.1 Å². The zero-order valence-electron chi connectivity index (χ0n) is 4.49. The summed E-state index contributed by atoms with van der Waals surface area (Å²) in [5.74, 6) is 0.546. The summed E-state index contributed by atoms with van der Waals surface area (Å²) in [5.41, 5.74) is 1.01. The first-order valence-electron chi connectivity index (χ1n) is 2.15. The average molecular weight is 83.2 g/mol. The molecule has 0 nitrogen and oxygen atoms in total. The standard InChI is InChI=1S/C6H11/c1-5(2)6(3)4/h6H,1-2H2,3-4H3/q-1. The Balaban J connectivity index is 3.26. The summed E-state index contributed by atoms with van der Waals surface area (Å²) in [4.78, 5) is 0. The second-order valence-corrected chi connectivity index (χ2v) is 1.81. The average Bonchev–Trinajstić information content (AvgIpc) is 1.36. The molecule has 0 saturated heterocycles. The molecule has 0 N–H and O–H groups in total. The number of hydrogen-bond acceptors (Lipinski definition) is 0. The van der Waals surface area contributed by atoms with E-state index in [1.54, 1.807) is 0 Å². The third-order valence-electron chi connectivity index (χ3n) is 0.816. The molecule has 0 bridgehead atoms. The van der Waals surface area contributed by atoms with E-state index in [1.807, 2.05) is 0 Å². The first kappa shape index (κ1) is 5.61. The molecule has 0 atom stereocenters. The van der Waals surface area contributed by atoms with Gasteiger partial charge in [-0.25, -0.2) is 19.1 Å². The maximum Gasteiger partial charge on any atom is -0.0555 e. The first-order chi connectivity index (χ1) is 2.64. The molecule has 0 aromatic rings. The lowest BCUT2D eigenvalue weighted by Gasteiger charge is -2.05. The minimum Gasteiger partial charge on any atom is -0.242 e. The van der Waals surface area contributed by atoms with E-state index in [-0.39, 0.29) is 0 Å². The molecular formula is C6H11-. The Labute approximate surface area is 39.9 Å². The van der Waals surface area contributed by atoms with Gasteiger partial charge in [0.1, 0.15) is 0 Å². The zero-order chi connectivity index (χ0) is 5.15. The van der Waals surface area contributed by atoms with Crippen LogP contribution in [0.5, 0.6) is 0 Å². The molecule has 0 radical (unpaired) electrons. The van der Waals surface area contributed by atoms with Crippen molar-refractivity contribution in [1.82, 2.24) is 0 Å². The summed E-state index contributed by atoms with van der Waals surface area (Å²) in [6.07, 6.45) is 0. The molecule has 0 aromatic heterocycles. The second-order valence-electron chi connectivity index (χ2n) is 1.81. The van der Waals surface area contributed by atoms with Gasteiger partial charge in [-0.15, -0.1) is 0 Å². The molecule has 36 valence electrons. The predicted molar refractivity (Wildman–Crippen MR) is 29.3 cm³/mol. The Morgan fingerprint density at radius 3 is 1.83 bits per heavy atom. The fraction of sp³-hybridized carbons (Fsp3) is 0.500. The van der Waals surface area contributed by atoms with Crippen molar-refractivity contribution in [3.63, 3.8) is 0 Å². The maximum atomic E-state index is 3.64. The van der Waals surface area contributed by atoms with Gasteiger partial charge in [-0.2, -0.15) is 0 Å². The summed E-state index contributed by atoms with van der Waals surface area (Å²) in [6, 6.07) is 0. The van der Waals surface area contributed by atoms with Crippen molar-refractivity contribution in [1.29, 1.82) is 0 Å². The van der Waals surface area contributed by atoms with E-state index >= 15 is 0 Å². The summed E-state index contributed by atoms with van der Waals surface area (Å²) >= 11 is 0. The number of rotatable bonds is 1. The van der Waals surface area contributed by atoms with Gasteiger partial charge in [0.25, 0.3) is 0 Å². The van der Waals surface area contributed by atoms with Crippen LogP contribution in [0.1, 0.15) is 13.8 Å². The van der Waals surface area contributed by atoms with Crippen LogP contribution in [0.4, 0.5) is 0 Å². The van der Waals surface area contributed by atoms with Crippen molar-refractivity contribution in [2.45, 2.75) is 13.8 Å². The normalized spacial score (nSPS) is 9.17. The van der Waals surface area contributed by atoms with E-state index in [0.717, 1.165) is 5.57 Å². The summed E-state index contributed by atoms with van der Waals surface area (Å²) in [5, 5.41) is 0. The molecule has 0 spiro atoms. The molecule has 0 saturated carbocycles. The zero-order valence-corrected chi connectivity index (χ0v) is 4.49. The third kappa shape index (κ3) is 1.89. The summed E-state index contributed by atoms with van der Waals surface area (Å²) < 4.78 is 0. The van der Waals surface area contributed by atoms with Gasteiger partial charge in [-0.05, 0) is 0 Å². The lowest BCUT2D eigenvalue weighted by atomic mass is 10.1. The van der Waals surface area contributed by atoms with E-state index < -0.39 is 0 Å². The van der Waals surface area contributed by atoms with Crippen molar-refractivity contribution in [3.8, 4) is 0 Å². The summed E-state index contributed by atoms with van der Waals surface area (Å²) in [7, 11) is 0. The van der Waals surface area contributed by atoms with Crippen molar-refractivity contribution in [2.75, 3.05) is 0 Å². The smallest absolute Gasteiger partial charge is 0.0555 e. The number of hydrogen-bond donors (Lipinski definition) is 0. The van der Waals surface area contributed by atoms with E-state index in [0.29, 0.717) is 5.92 Å². The largest absolute Gasteiger partial charge is 0.242 e. The monoisotopic (exact) mass is 83.1 g/mol. The minimum absolute atomic E-state index is 0.546. The first-order valence-corrected chi connectivity index (χ1v) is 2.15.